The average molecular weight is 409 g/mol. The number of rotatable bonds is 4. The minimum Gasteiger partial charge on any atom is -0.465 e. The lowest BCUT2D eigenvalue weighted by Gasteiger charge is -2.10. The van der Waals surface area contributed by atoms with E-state index in [-0.39, 0.29) is 18.8 Å². The lowest BCUT2D eigenvalue weighted by Crippen LogP contribution is -2.30. The number of carbonyl (C=O) groups excluding carboxylic acids is 1. The first-order valence-corrected chi connectivity index (χ1v) is 10.5. The fraction of sp³-hybridized carbons (Fsp3) is 0.350. The summed E-state index contributed by atoms with van der Waals surface area (Å²) in [5.41, 5.74) is 2.19. The molecule has 0 atom stereocenters. The first-order valence-electron chi connectivity index (χ1n) is 9.67. The van der Waals surface area contributed by atoms with Crippen LogP contribution in [0.2, 0.25) is 0 Å². The molecule has 4 aromatic rings. The van der Waals surface area contributed by atoms with Crippen molar-refractivity contribution in [3.63, 3.8) is 0 Å². The molecule has 4 aromatic heterocycles. The van der Waals surface area contributed by atoms with Gasteiger partial charge in [0.05, 0.1) is 12.0 Å². The number of hydrogen-bond acceptors (Lipinski definition) is 7. The molecule has 0 radical (unpaired) electrons. The lowest BCUT2D eigenvalue weighted by molar-refractivity contribution is -0.143. The highest BCUT2D eigenvalue weighted by Crippen LogP contribution is 2.37. The zero-order valence-corrected chi connectivity index (χ0v) is 16.7. The van der Waals surface area contributed by atoms with Crippen molar-refractivity contribution in [1.82, 2.24) is 24.1 Å². The van der Waals surface area contributed by atoms with Crippen LogP contribution in [-0.4, -0.2) is 36.7 Å². The molecular formula is C20H19N5O3S. The van der Waals surface area contributed by atoms with Crippen LogP contribution in [0.1, 0.15) is 30.2 Å². The summed E-state index contributed by atoms with van der Waals surface area (Å²) in [4.78, 5) is 36.2. The third-order valence-electron chi connectivity index (χ3n) is 5.17. The van der Waals surface area contributed by atoms with E-state index in [9.17, 15) is 9.59 Å². The normalized spacial score (nSPS) is 13.7. The van der Waals surface area contributed by atoms with E-state index < -0.39 is 5.97 Å². The highest BCUT2D eigenvalue weighted by atomic mass is 32.1. The molecule has 1 aliphatic rings. The number of carbonyl (C=O) groups is 1. The number of thiophene rings is 1. The number of esters is 1. The number of aromatic nitrogens is 5. The second-order valence-electron chi connectivity index (χ2n) is 6.97. The maximum Gasteiger partial charge on any atom is 0.352 e. The molecule has 0 amide bonds. The Hall–Kier alpha value is -3.07. The van der Waals surface area contributed by atoms with Crippen LogP contribution in [-0.2, 0) is 28.9 Å². The molecule has 5 rings (SSSR count). The Kier molecular flexibility index (Phi) is 4.39. The van der Waals surface area contributed by atoms with Crippen molar-refractivity contribution in [3.05, 3.63) is 45.5 Å². The number of hydrogen-bond donors (Lipinski definition) is 0. The van der Waals surface area contributed by atoms with Crippen molar-refractivity contribution in [2.24, 2.45) is 0 Å². The van der Waals surface area contributed by atoms with Gasteiger partial charge < -0.3 is 4.74 Å². The van der Waals surface area contributed by atoms with Gasteiger partial charge in [0.15, 0.2) is 11.5 Å². The van der Waals surface area contributed by atoms with Gasteiger partial charge in [0.2, 0.25) is 0 Å². The third kappa shape index (κ3) is 2.93. The number of nitrogens with zero attached hydrogens (tertiary/aromatic N) is 5. The summed E-state index contributed by atoms with van der Waals surface area (Å²) < 4.78 is 7.89. The molecule has 0 spiro atoms. The van der Waals surface area contributed by atoms with Crippen molar-refractivity contribution in [3.8, 4) is 11.4 Å². The van der Waals surface area contributed by atoms with Crippen LogP contribution in [0, 0.1) is 0 Å². The SMILES string of the molecule is CCOC(=O)Cn1c(=O)n2nc(-c3ccncc3)nc2c2c3c(sc21)CCCC3. The van der Waals surface area contributed by atoms with Crippen LogP contribution in [0.15, 0.2) is 29.3 Å². The molecule has 4 heterocycles. The minimum absolute atomic E-state index is 0.136. The maximum atomic E-state index is 13.2. The lowest BCUT2D eigenvalue weighted by atomic mass is 9.97. The van der Waals surface area contributed by atoms with Gasteiger partial charge >= 0.3 is 11.7 Å². The van der Waals surface area contributed by atoms with Crippen molar-refractivity contribution in [2.75, 3.05) is 6.61 Å². The summed E-state index contributed by atoms with van der Waals surface area (Å²) in [6.07, 6.45) is 7.50. The third-order valence-corrected chi connectivity index (χ3v) is 6.49. The Bertz CT molecular complexity index is 1290. The predicted octanol–water partition coefficient (Wildman–Crippen LogP) is 2.61. The monoisotopic (exact) mass is 409 g/mol. The van der Waals surface area contributed by atoms with E-state index in [1.165, 1.54) is 19.5 Å². The number of ether oxygens (including phenoxy) is 1. The standard InChI is InChI=1S/C20H19N5O3S/c1-2-28-15(26)11-24-19-16(13-5-3-4-6-14(13)29-19)18-22-17(23-25(18)20(24)27)12-7-9-21-10-8-12/h7-10H,2-6,11H2,1H3. The van der Waals surface area contributed by atoms with Crippen molar-refractivity contribution in [1.29, 1.82) is 0 Å². The van der Waals surface area contributed by atoms with E-state index in [4.69, 9.17) is 9.72 Å². The highest BCUT2D eigenvalue weighted by Gasteiger charge is 2.25. The van der Waals surface area contributed by atoms with Crippen LogP contribution < -0.4 is 5.69 Å². The van der Waals surface area contributed by atoms with Gasteiger partial charge in [-0.3, -0.25) is 14.3 Å². The minimum atomic E-state index is -0.434. The van der Waals surface area contributed by atoms with Crippen LogP contribution in [0.4, 0.5) is 0 Å². The quantitative estimate of drug-likeness (QED) is 0.481. The van der Waals surface area contributed by atoms with E-state index in [0.717, 1.165) is 41.5 Å². The molecular weight excluding hydrogens is 390 g/mol. The Labute approximate surface area is 169 Å². The molecule has 0 fully saturated rings. The van der Waals surface area contributed by atoms with Crippen molar-refractivity contribution in [2.45, 2.75) is 39.2 Å². The van der Waals surface area contributed by atoms with E-state index in [0.29, 0.717) is 11.5 Å². The van der Waals surface area contributed by atoms with Crippen LogP contribution in [0.25, 0.3) is 27.3 Å². The Morgan fingerprint density at radius 1 is 1.24 bits per heavy atom. The highest BCUT2D eigenvalue weighted by molar-refractivity contribution is 7.19. The molecule has 1 aliphatic carbocycles. The topological polar surface area (TPSA) is 91.4 Å². The smallest absolute Gasteiger partial charge is 0.352 e. The first kappa shape index (κ1) is 18.0. The summed E-state index contributed by atoms with van der Waals surface area (Å²) in [7, 11) is 0. The molecule has 0 saturated heterocycles. The summed E-state index contributed by atoms with van der Waals surface area (Å²) in [5.74, 6) is 0.0338. The second kappa shape index (κ2) is 7.07. The molecule has 148 valence electrons. The zero-order chi connectivity index (χ0) is 20.0. The van der Waals surface area contributed by atoms with Crippen LogP contribution in [0.5, 0.6) is 0 Å². The number of pyridine rings is 1. The Balaban J connectivity index is 1.81. The molecule has 0 aliphatic heterocycles. The van der Waals surface area contributed by atoms with Gasteiger partial charge in [-0.1, -0.05) is 0 Å². The molecule has 0 unspecified atom stereocenters. The van der Waals surface area contributed by atoms with Gasteiger partial charge in [-0.05, 0) is 50.3 Å². The molecule has 0 bridgehead atoms. The largest absolute Gasteiger partial charge is 0.465 e. The van der Waals surface area contributed by atoms with Gasteiger partial charge in [-0.2, -0.15) is 4.52 Å². The van der Waals surface area contributed by atoms with E-state index in [1.54, 1.807) is 30.7 Å². The molecule has 0 saturated carbocycles. The van der Waals surface area contributed by atoms with Gasteiger partial charge in [0, 0.05) is 22.8 Å². The van der Waals surface area contributed by atoms with Gasteiger partial charge in [0.25, 0.3) is 0 Å². The predicted molar refractivity (Wildman–Crippen MR) is 109 cm³/mol. The summed E-state index contributed by atoms with van der Waals surface area (Å²) in [5, 5.41) is 5.40. The summed E-state index contributed by atoms with van der Waals surface area (Å²) in [6.45, 7) is 1.89. The fourth-order valence-corrected chi connectivity index (χ4v) is 5.26. The molecule has 0 aromatic carbocycles. The second-order valence-corrected chi connectivity index (χ2v) is 8.06. The molecule has 0 N–H and O–H groups in total. The van der Waals surface area contributed by atoms with Gasteiger partial charge in [-0.15, -0.1) is 16.4 Å². The van der Waals surface area contributed by atoms with Gasteiger partial charge in [-0.25, -0.2) is 9.78 Å². The number of aryl methyl sites for hydroxylation is 2. The van der Waals surface area contributed by atoms with E-state index in [2.05, 4.69) is 10.1 Å². The van der Waals surface area contributed by atoms with Gasteiger partial charge in [0.1, 0.15) is 11.4 Å². The average Bonchev–Trinajstić information content (AvgIpc) is 3.34. The zero-order valence-electron chi connectivity index (χ0n) is 15.9. The summed E-state index contributed by atoms with van der Waals surface area (Å²) in [6, 6.07) is 3.62. The number of fused-ring (bicyclic) bond motifs is 5. The molecule has 8 nitrogen and oxygen atoms in total. The molecule has 9 heteroatoms. The Morgan fingerprint density at radius 2 is 2.03 bits per heavy atom. The fourth-order valence-electron chi connectivity index (χ4n) is 3.88. The van der Waals surface area contributed by atoms with E-state index in [1.807, 2.05) is 12.1 Å². The van der Waals surface area contributed by atoms with Crippen molar-refractivity contribution < 1.29 is 9.53 Å². The van der Waals surface area contributed by atoms with Crippen LogP contribution in [0.3, 0.4) is 0 Å². The van der Waals surface area contributed by atoms with E-state index >= 15 is 0 Å². The molecule has 29 heavy (non-hydrogen) atoms. The van der Waals surface area contributed by atoms with Crippen molar-refractivity contribution >= 4 is 33.2 Å². The Morgan fingerprint density at radius 3 is 2.83 bits per heavy atom. The van der Waals surface area contributed by atoms with Crippen LogP contribution >= 0.6 is 11.3 Å². The first-order chi connectivity index (χ1) is 14.2. The maximum absolute atomic E-state index is 13.2. The summed E-state index contributed by atoms with van der Waals surface area (Å²) >= 11 is 1.58.